The van der Waals surface area contributed by atoms with Crippen LogP contribution in [0.3, 0.4) is 0 Å². The van der Waals surface area contributed by atoms with Crippen molar-refractivity contribution in [3.63, 3.8) is 0 Å². The van der Waals surface area contributed by atoms with Crippen molar-refractivity contribution in [1.82, 2.24) is 25.1 Å². The highest BCUT2D eigenvalue weighted by Crippen LogP contribution is 2.15. The quantitative estimate of drug-likeness (QED) is 0.686. The van der Waals surface area contributed by atoms with Crippen LogP contribution >= 0.6 is 0 Å². The monoisotopic (exact) mass is 363 g/mol. The number of nitrogens with zero attached hydrogens (tertiary/aromatic N) is 4. The summed E-state index contributed by atoms with van der Waals surface area (Å²) in [6.07, 6.45) is 5.27. The van der Waals surface area contributed by atoms with E-state index in [0.29, 0.717) is 25.3 Å². The zero-order chi connectivity index (χ0) is 18.9. The molecule has 144 valence electrons. The molecule has 0 saturated carbocycles. The summed E-state index contributed by atoms with van der Waals surface area (Å²) in [6.45, 7) is 4.73. The zero-order valence-electron chi connectivity index (χ0n) is 15.9. The first kappa shape index (κ1) is 20.3. The molecule has 0 spiro atoms. The third kappa shape index (κ3) is 6.68. The van der Waals surface area contributed by atoms with E-state index in [4.69, 9.17) is 4.74 Å². The number of ether oxygens (including phenoxy) is 1. The fourth-order valence-corrected chi connectivity index (χ4v) is 2.72. The Bertz CT molecular complexity index is 585. The van der Waals surface area contributed by atoms with Crippen molar-refractivity contribution in [2.24, 2.45) is 0 Å². The Morgan fingerprint density at radius 3 is 2.69 bits per heavy atom. The van der Waals surface area contributed by atoms with Crippen molar-refractivity contribution in [3.8, 4) is 0 Å². The largest absolute Gasteiger partial charge is 0.376 e. The topological polar surface area (TPSA) is 87.7 Å². The Hall–Kier alpha value is -2.06. The Morgan fingerprint density at radius 1 is 1.27 bits per heavy atom. The predicted octanol–water partition coefficient (Wildman–Crippen LogP) is 0.474. The molecule has 2 heterocycles. The first-order chi connectivity index (χ1) is 12.5. The van der Waals surface area contributed by atoms with Gasteiger partial charge in [0.05, 0.1) is 18.0 Å². The summed E-state index contributed by atoms with van der Waals surface area (Å²) in [5.41, 5.74) is 1.05. The van der Waals surface area contributed by atoms with Gasteiger partial charge in [-0.15, -0.1) is 0 Å². The normalized spacial score (nSPS) is 16.7. The standard InChI is InChI=1S/C18H29N5O3/c1-14-11-21-16(12-20-14)18(25)23(13-15-5-4-10-26-15)8-6-17(24)19-7-9-22(2)3/h11-12,15H,4-10,13H2,1-3H3,(H,19,24). The lowest BCUT2D eigenvalue weighted by molar-refractivity contribution is -0.121. The number of aromatic nitrogens is 2. The number of rotatable bonds is 9. The zero-order valence-corrected chi connectivity index (χ0v) is 15.9. The van der Waals surface area contributed by atoms with Gasteiger partial charge in [-0.1, -0.05) is 0 Å². The third-order valence-corrected chi connectivity index (χ3v) is 4.23. The van der Waals surface area contributed by atoms with E-state index in [1.54, 1.807) is 11.1 Å². The minimum absolute atomic E-state index is 0.0224. The molecular weight excluding hydrogens is 334 g/mol. The van der Waals surface area contributed by atoms with Crippen LogP contribution in [-0.2, 0) is 9.53 Å². The van der Waals surface area contributed by atoms with E-state index in [0.717, 1.165) is 31.7 Å². The summed E-state index contributed by atoms with van der Waals surface area (Å²) < 4.78 is 5.65. The van der Waals surface area contributed by atoms with Crippen molar-refractivity contribution in [1.29, 1.82) is 0 Å². The maximum absolute atomic E-state index is 12.8. The van der Waals surface area contributed by atoms with E-state index in [-0.39, 0.29) is 24.3 Å². The molecule has 1 saturated heterocycles. The molecule has 1 aromatic heterocycles. The number of carbonyl (C=O) groups is 2. The molecule has 1 unspecified atom stereocenters. The molecular formula is C18H29N5O3. The summed E-state index contributed by atoms with van der Waals surface area (Å²) in [6, 6.07) is 0. The Labute approximate surface area is 154 Å². The van der Waals surface area contributed by atoms with Crippen LogP contribution in [0.25, 0.3) is 0 Å². The summed E-state index contributed by atoms with van der Waals surface area (Å²) in [5.74, 6) is -0.277. The lowest BCUT2D eigenvalue weighted by Gasteiger charge is -2.25. The average molecular weight is 363 g/mol. The van der Waals surface area contributed by atoms with Gasteiger partial charge in [-0.2, -0.15) is 0 Å². The molecule has 1 fully saturated rings. The molecule has 2 amide bonds. The predicted molar refractivity (Wildman–Crippen MR) is 97.8 cm³/mol. The highest BCUT2D eigenvalue weighted by molar-refractivity contribution is 5.92. The lowest BCUT2D eigenvalue weighted by atomic mass is 10.2. The highest BCUT2D eigenvalue weighted by atomic mass is 16.5. The molecule has 2 rings (SSSR count). The first-order valence-corrected chi connectivity index (χ1v) is 9.06. The average Bonchev–Trinajstić information content (AvgIpc) is 3.11. The molecule has 0 radical (unpaired) electrons. The maximum atomic E-state index is 12.8. The second-order valence-corrected chi connectivity index (χ2v) is 6.83. The fraction of sp³-hybridized carbons (Fsp3) is 0.667. The lowest BCUT2D eigenvalue weighted by Crippen LogP contribution is -2.41. The number of aryl methyl sites for hydroxylation is 1. The summed E-state index contributed by atoms with van der Waals surface area (Å²) >= 11 is 0. The second-order valence-electron chi connectivity index (χ2n) is 6.83. The van der Waals surface area contributed by atoms with E-state index in [1.165, 1.54) is 6.20 Å². The van der Waals surface area contributed by atoms with Crippen LogP contribution in [-0.4, -0.2) is 84.6 Å². The van der Waals surface area contributed by atoms with Crippen LogP contribution in [0.1, 0.15) is 35.4 Å². The van der Waals surface area contributed by atoms with Crippen molar-refractivity contribution < 1.29 is 14.3 Å². The molecule has 8 heteroatoms. The Kier molecular flexibility index (Phi) is 7.93. The summed E-state index contributed by atoms with van der Waals surface area (Å²) in [7, 11) is 3.91. The fourth-order valence-electron chi connectivity index (χ4n) is 2.72. The molecule has 1 atom stereocenters. The van der Waals surface area contributed by atoms with Crippen LogP contribution in [0, 0.1) is 6.92 Å². The van der Waals surface area contributed by atoms with E-state index in [2.05, 4.69) is 15.3 Å². The molecule has 1 N–H and O–H groups in total. The van der Waals surface area contributed by atoms with Crippen LogP contribution in [0.5, 0.6) is 0 Å². The number of hydrogen-bond donors (Lipinski definition) is 1. The smallest absolute Gasteiger partial charge is 0.274 e. The van der Waals surface area contributed by atoms with Crippen LogP contribution in [0.2, 0.25) is 0 Å². The number of amides is 2. The van der Waals surface area contributed by atoms with Gasteiger partial charge < -0.3 is 19.9 Å². The molecule has 0 bridgehead atoms. The van der Waals surface area contributed by atoms with Crippen LogP contribution in [0.15, 0.2) is 12.4 Å². The molecule has 8 nitrogen and oxygen atoms in total. The Morgan fingerprint density at radius 2 is 2.08 bits per heavy atom. The number of carbonyl (C=O) groups excluding carboxylic acids is 2. The molecule has 1 aromatic rings. The van der Waals surface area contributed by atoms with Gasteiger partial charge in [-0.25, -0.2) is 4.98 Å². The van der Waals surface area contributed by atoms with Gasteiger partial charge in [0.25, 0.3) is 5.91 Å². The SMILES string of the molecule is Cc1cnc(C(=O)N(CCC(=O)NCCN(C)C)CC2CCCO2)cn1. The van der Waals surface area contributed by atoms with Crippen molar-refractivity contribution in [2.75, 3.05) is 46.9 Å². The molecule has 0 aromatic carbocycles. The first-order valence-electron chi connectivity index (χ1n) is 9.06. The molecule has 26 heavy (non-hydrogen) atoms. The van der Waals surface area contributed by atoms with Crippen molar-refractivity contribution in [2.45, 2.75) is 32.3 Å². The van der Waals surface area contributed by atoms with E-state index in [9.17, 15) is 9.59 Å². The van der Waals surface area contributed by atoms with E-state index < -0.39 is 0 Å². The maximum Gasteiger partial charge on any atom is 0.274 e. The van der Waals surface area contributed by atoms with Crippen LogP contribution in [0.4, 0.5) is 0 Å². The van der Waals surface area contributed by atoms with Gasteiger partial charge in [0.2, 0.25) is 5.91 Å². The minimum Gasteiger partial charge on any atom is -0.376 e. The van der Waals surface area contributed by atoms with Crippen molar-refractivity contribution >= 4 is 11.8 Å². The summed E-state index contributed by atoms with van der Waals surface area (Å²) in [4.78, 5) is 36.8. The van der Waals surface area contributed by atoms with Crippen LogP contribution < -0.4 is 5.32 Å². The number of hydrogen-bond acceptors (Lipinski definition) is 6. The van der Waals surface area contributed by atoms with Gasteiger partial charge in [0.15, 0.2) is 0 Å². The van der Waals surface area contributed by atoms with E-state index >= 15 is 0 Å². The highest BCUT2D eigenvalue weighted by Gasteiger charge is 2.24. The number of nitrogens with one attached hydrogen (secondary N) is 1. The third-order valence-electron chi connectivity index (χ3n) is 4.23. The Balaban J connectivity index is 1.93. The van der Waals surface area contributed by atoms with Gasteiger partial charge in [0.1, 0.15) is 5.69 Å². The van der Waals surface area contributed by atoms with E-state index in [1.807, 2.05) is 25.9 Å². The number of likely N-dealkylation sites (N-methyl/N-ethyl adjacent to an activating group) is 1. The molecule has 1 aliphatic heterocycles. The van der Waals surface area contributed by atoms with Crippen molar-refractivity contribution in [3.05, 3.63) is 23.8 Å². The van der Waals surface area contributed by atoms with Gasteiger partial charge in [0, 0.05) is 45.4 Å². The molecule has 0 aliphatic carbocycles. The van der Waals surface area contributed by atoms with Gasteiger partial charge >= 0.3 is 0 Å². The van der Waals surface area contributed by atoms with Gasteiger partial charge in [-0.3, -0.25) is 14.6 Å². The summed E-state index contributed by atoms with van der Waals surface area (Å²) in [5, 5.41) is 2.87. The van der Waals surface area contributed by atoms with Gasteiger partial charge in [-0.05, 0) is 33.9 Å². The molecule has 1 aliphatic rings. The minimum atomic E-state index is -0.214. The second kappa shape index (κ2) is 10.2.